The van der Waals surface area contributed by atoms with Crippen LogP contribution in [-0.4, -0.2) is 34.1 Å². The molecule has 0 aliphatic heterocycles. The Morgan fingerprint density at radius 3 is 2.37 bits per heavy atom. The molecule has 2 aliphatic rings. The summed E-state index contributed by atoms with van der Waals surface area (Å²) in [5.41, 5.74) is 0.0750. The van der Waals surface area contributed by atoms with Crippen LogP contribution >= 0.6 is 0 Å². The highest BCUT2D eigenvalue weighted by Gasteiger charge is 2.38. The molecule has 110 valence electrons. The summed E-state index contributed by atoms with van der Waals surface area (Å²) in [5.74, 6) is 1.22. The summed E-state index contributed by atoms with van der Waals surface area (Å²) in [6, 6.07) is 0.596. The maximum Gasteiger partial charge on any atom is 0.304 e. The van der Waals surface area contributed by atoms with E-state index in [9.17, 15) is 4.79 Å². The van der Waals surface area contributed by atoms with E-state index >= 15 is 0 Å². The Kier molecular flexibility index (Phi) is 4.54. The SMILES string of the molecule is CC(C)(C)N(CCC(=O)O)C1CCCC(C2CC2)C1. The molecule has 0 amide bonds. The van der Waals surface area contributed by atoms with Crippen molar-refractivity contribution < 1.29 is 9.90 Å². The minimum atomic E-state index is -0.677. The number of aliphatic carboxylic acids is 1. The van der Waals surface area contributed by atoms with Crippen LogP contribution in [0.2, 0.25) is 0 Å². The Morgan fingerprint density at radius 1 is 1.16 bits per heavy atom. The predicted molar refractivity (Wildman–Crippen MR) is 77.2 cm³/mol. The second-order valence-electron chi connectivity index (χ2n) is 7.43. The minimum absolute atomic E-state index is 0.0750. The summed E-state index contributed by atoms with van der Waals surface area (Å²) < 4.78 is 0. The van der Waals surface area contributed by atoms with Crippen LogP contribution in [0.4, 0.5) is 0 Å². The maximum absolute atomic E-state index is 10.9. The molecule has 3 nitrogen and oxygen atoms in total. The van der Waals surface area contributed by atoms with Gasteiger partial charge in [0.05, 0.1) is 6.42 Å². The van der Waals surface area contributed by atoms with Gasteiger partial charge < -0.3 is 5.11 Å². The summed E-state index contributed by atoms with van der Waals surface area (Å²) in [5, 5.41) is 8.95. The van der Waals surface area contributed by atoms with Gasteiger partial charge >= 0.3 is 5.97 Å². The summed E-state index contributed by atoms with van der Waals surface area (Å²) in [7, 11) is 0. The molecule has 2 aliphatic carbocycles. The lowest BCUT2D eigenvalue weighted by molar-refractivity contribution is -0.137. The Balaban J connectivity index is 1.97. The first-order valence-electron chi connectivity index (χ1n) is 7.86. The zero-order chi connectivity index (χ0) is 14.0. The molecule has 2 rings (SSSR count). The van der Waals surface area contributed by atoms with E-state index in [-0.39, 0.29) is 12.0 Å². The second-order valence-corrected chi connectivity index (χ2v) is 7.43. The average Bonchev–Trinajstić information content (AvgIpc) is 3.11. The second kappa shape index (κ2) is 5.82. The van der Waals surface area contributed by atoms with Crippen molar-refractivity contribution in [2.24, 2.45) is 11.8 Å². The van der Waals surface area contributed by atoms with Gasteiger partial charge in [-0.2, -0.15) is 0 Å². The topological polar surface area (TPSA) is 40.5 Å². The highest BCUT2D eigenvalue weighted by molar-refractivity contribution is 5.66. The van der Waals surface area contributed by atoms with Crippen molar-refractivity contribution in [3.8, 4) is 0 Å². The number of nitrogens with zero attached hydrogens (tertiary/aromatic N) is 1. The molecule has 3 heteroatoms. The predicted octanol–water partition coefficient (Wildman–Crippen LogP) is 3.53. The van der Waals surface area contributed by atoms with Crippen LogP contribution in [0.25, 0.3) is 0 Å². The van der Waals surface area contributed by atoms with Crippen molar-refractivity contribution in [2.45, 2.75) is 77.3 Å². The van der Waals surface area contributed by atoms with E-state index in [1.54, 1.807) is 0 Å². The summed E-state index contributed by atoms with van der Waals surface area (Å²) >= 11 is 0. The average molecular weight is 267 g/mol. The van der Waals surface area contributed by atoms with Crippen molar-refractivity contribution >= 4 is 5.97 Å². The molecule has 0 aromatic rings. The van der Waals surface area contributed by atoms with Gasteiger partial charge in [0.25, 0.3) is 0 Å². The number of carbonyl (C=O) groups is 1. The maximum atomic E-state index is 10.9. The van der Waals surface area contributed by atoms with Crippen LogP contribution in [0.5, 0.6) is 0 Å². The molecule has 2 atom stereocenters. The molecule has 2 fully saturated rings. The Bertz CT molecular complexity index is 317. The van der Waals surface area contributed by atoms with E-state index in [4.69, 9.17) is 5.11 Å². The van der Waals surface area contributed by atoms with E-state index in [1.807, 2.05) is 0 Å². The normalized spacial score (nSPS) is 28.6. The quantitative estimate of drug-likeness (QED) is 0.828. The Morgan fingerprint density at radius 2 is 1.84 bits per heavy atom. The molecular formula is C16H29NO2. The highest BCUT2D eigenvalue weighted by Crippen LogP contribution is 2.45. The fraction of sp³-hybridized carbons (Fsp3) is 0.938. The number of rotatable bonds is 5. The highest BCUT2D eigenvalue weighted by atomic mass is 16.4. The first kappa shape index (κ1) is 14.8. The number of hydrogen-bond acceptors (Lipinski definition) is 2. The van der Waals surface area contributed by atoms with Crippen molar-refractivity contribution in [2.75, 3.05) is 6.54 Å². The lowest BCUT2D eigenvalue weighted by Crippen LogP contribution is -2.50. The molecule has 19 heavy (non-hydrogen) atoms. The Hall–Kier alpha value is -0.570. The molecule has 0 spiro atoms. The van der Waals surface area contributed by atoms with Gasteiger partial charge in [-0.3, -0.25) is 9.69 Å². The van der Waals surface area contributed by atoms with Crippen LogP contribution in [-0.2, 0) is 4.79 Å². The molecule has 0 heterocycles. The van der Waals surface area contributed by atoms with Crippen LogP contribution in [0, 0.1) is 11.8 Å². The number of carboxylic acid groups (broad SMARTS) is 1. The van der Waals surface area contributed by atoms with E-state index in [2.05, 4.69) is 25.7 Å². The first-order valence-corrected chi connectivity index (χ1v) is 7.86. The zero-order valence-electron chi connectivity index (χ0n) is 12.7. The molecule has 2 saturated carbocycles. The van der Waals surface area contributed by atoms with Crippen molar-refractivity contribution in [1.82, 2.24) is 4.90 Å². The van der Waals surface area contributed by atoms with Gasteiger partial charge in [-0.15, -0.1) is 0 Å². The largest absolute Gasteiger partial charge is 0.481 e. The third kappa shape index (κ3) is 4.20. The number of hydrogen-bond donors (Lipinski definition) is 1. The van der Waals surface area contributed by atoms with E-state index < -0.39 is 5.97 Å². The van der Waals surface area contributed by atoms with E-state index in [1.165, 1.54) is 38.5 Å². The molecule has 0 aromatic carbocycles. The molecular weight excluding hydrogens is 238 g/mol. The van der Waals surface area contributed by atoms with Crippen molar-refractivity contribution in [3.05, 3.63) is 0 Å². The van der Waals surface area contributed by atoms with Crippen LogP contribution in [0.1, 0.15) is 65.7 Å². The molecule has 0 bridgehead atoms. The standard InChI is InChI=1S/C16H29NO2/c1-16(2,3)17(10-9-15(18)19)14-6-4-5-13(11-14)12-7-8-12/h12-14H,4-11H2,1-3H3,(H,18,19). The molecule has 2 unspecified atom stereocenters. The van der Waals surface area contributed by atoms with Crippen LogP contribution in [0.15, 0.2) is 0 Å². The van der Waals surface area contributed by atoms with Gasteiger partial charge in [-0.1, -0.05) is 12.8 Å². The van der Waals surface area contributed by atoms with Gasteiger partial charge in [-0.25, -0.2) is 0 Å². The first-order chi connectivity index (χ1) is 8.88. The monoisotopic (exact) mass is 267 g/mol. The van der Waals surface area contributed by atoms with Gasteiger partial charge in [0.2, 0.25) is 0 Å². The minimum Gasteiger partial charge on any atom is -0.481 e. The Labute approximate surface area is 117 Å². The van der Waals surface area contributed by atoms with Crippen molar-refractivity contribution in [1.29, 1.82) is 0 Å². The third-order valence-electron chi connectivity index (χ3n) is 4.84. The van der Waals surface area contributed by atoms with Gasteiger partial charge in [0, 0.05) is 18.1 Å². The smallest absolute Gasteiger partial charge is 0.304 e. The summed E-state index contributed by atoms with van der Waals surface area (Å²) in [6.07, 6.45) is 8.40. The zero-order valence-corrected chi connectivity index (χ0v) is 12.7. The molecule has 1 N–H and O–H groups in total. The van der Waals surface area contributed by atoms with E-state index in [0.717, 1.165) is 11.8 Å². The fourth-order valence-corrected chi connectivity index (χ4v) is 3.76. The van der Waals surface area contributed by atoms with Gasteiger partial charge in [-0.05, 0) is 58.3 Å². The van der Waals surface area contributed by atoms with Crippen LogP contribution in [0.3, 0.4) is 0 Å². The van der Waals surface area contributed by atoms with Crippen LogP contribution < -0.4 is 0 Å². The summed E-state index contributed by atoms with van der Waals surface area (Å²) in [6.45, 7) is 7.35. The van der Waals surface area contributed by atoms with E-state index in [0.29, 0.717) is 12.6 Å². The summed E-state index contributed by atoms with van der Waals surface area (Å²) in [4.78, 5) is 13.3. The lowest BCUT2D eigenvalue weighted by atomic mass is 9.80. The van der Waals surface area contributed by atoms with Crippen molar-refractivity contribution in [3.63, 3.8) is 0 Å². The number of carboxylic acids is 1. The lowest BCUT2D eigenvalue weighted by Gasteiger charge is -2.45. The molecule has 0 aromatic heterocycles. The van der Waals surface area contributed by atoms with Gasteiger partial charge in [0.15, 0.2) is 0 Å². The van der Waals surface area contributed by atoms with Gasteiger partial charge in [0.1, 0.15) is 0 Å². The fourth-order valence-electron chi connectivity index (χ4n) is 3.76. The molecule has 0 radical (unpaired) electrons. The third-order valence-corrected chi connectivity index (χ3v) is 4.84. The molecule has 0 saturated heterocycles.